The minimum absolute atomic E-state index is 0.0224. The second-order valence-corrected chi connectivity index (χ2v) is 7.55. The van der Waals surface area contributed by atoms with E-state index in [1.165, 1.54) is 0 Å². The standard InChI is InChI=1S/C19H20N2O4S/c1-4-15-6-5-7-17(12-15)20-19(22)13-26(23,24)21-16-8-10-18(11-9-16)25-14(2)3/h1,5-12,14,21H,13H2,2-3H3,(H,20,22). The largest absolute Gasteiger partial charge is 0.491 e. The second-order valence-electron chi connectivity index (χ2n) is 5.83. The number of terminal acetylenes is 1. The van der Waals surface area contributed by atoms with E-state index < -0.39 is 21.7 Å². The van der Waals surface area contributed by atoms with Crippen molar-refractivity contribution < 1.29 is 17.9 Å². The Morgan fingerprint density at radius 2 is 1.85 bits per heavy atom. The van der Waals surface area contributed by atoms with E-state index in [0.717, 1.165) is 0 Å². The predicted octanol–water partition coefficient (Wildman–Crippen LogP) is 2.84. The highest BCUT2D eigenvalue weighted by Gasteiger charge is 2.17. The van der Waals surface area contributed by atoms with E-state index in [9.17, 15) is 13.2 Å². The summed E-state index contributed by atoms with van der Waals surface area (Å²) in [5, 5.41) is 2.52. The van der Waals surface area contributed by atoms with Gasteiger partial charge < -0.3 is 10.1 Å². The monoisotopic (exact) mass is 372 g/mol. The zero-order chi connectivity index (χ0) is 19.2. The third-order valence-electron chi connectivity index (χ3n) is 3.13. The van der Waals surface area contributed by atoms with Gasteiger partial charge in [-0.1, -0.05) is 12.0 Å². The first-order valence-electron chi connectivity index (χ1n) is 7.91. The SMILES string of the molecule is C#Cc1cccc(NC(=O)CS(=O)(=O)Nc2ccc(OC(C)C)cc2)c1. The van der Waals surface area contributed by atoms with Gasteiger partial charge in [-0.05, 0) is 56.3 Å². The maximum atomic E-state index is 12.2. The molecule has 136 valence electrons. The lowest BCUT2D eigenvalue weighted by atomic mass is 10.2. The molecule has 2 N–H and O–H groups in total. The van der Waals surface area contributed by atoms with E-state index in [-0.39, 0.29) is 6.10 Å². The number of carbonyl (C=O) groups is 1. The Hall–Kier alpha value is -2.98. The van der Waals surface area contributed by atoms with E-state index in [1.54, 1.807) is 48.5 Å². The van der Waals surface area contributed by atoms with Gasteiger partial charge in [0.1, 0.15) is 11.5 Å². The van der Waals surface area contributed by atoms with Crippen LogP contribution in [-0.4, -0.2) is 26.2 Å². The number of sulfonamides is 1. The number of hydrogen-bond donors (Lipinski definition) is 2. The summed E-state index contributed by atoms with van der Waals surface area (Å²) in [5.74, 6) is 1.71. The summed E-state index contributed by atoms with van der Waals surface area (Å²) in [4.78, 5) is 12.0. The fraction of sp³-hybridized carbons (Fsp3) is 0.211. The van der Waals surface area contributed by atoms with Crippen molar-refractivity contribution in [1.29, 1.82) is 0 Å². The number of hydrogen-bond acceptors (Lipinski definition) is 4. The van der Waals surface area contributed by atoms with Gasteiger partial charge in [-0.2, -0.15) is 0 Å². The molecule has 26 heavy (non-hydrogen) atoms. The quantitative estimate of drug-likeness (QED) is 0.732. The number of anilines is 2. The van der Waals surface area contributed by atoms with Gasteiger partial charge in [0.2, 0.25) is 15.9 Å². The molecule has 0 fully saturated rings. The van der Waals surface area contributed by atoms with E-state index in [1.807, 2.05) is 13.8 Å². The van der Waals surface area contributed by atoms with Crippen LogP contribution in [-0.2, 0) is 14.8 Å². The van der Waals surface area contributed by atoms with E-state index in [0.29, 0.717) is 22.7 Å². The molecule has 0 saturated carbocycles. The van der Waals surface area contributed by atoms with Gasteiger partial charge in [0.15, 0.2) is 0 Å². The molecule has 0 heterocycles. The summed E-state index contributed by atoms with van der Waals surface area (Å²) in [6, 6.07) is 13.1. The first-order chi connectivity index (χ1) is 12.3. The van der Waals surface area contributed by atoms with Gasteiger partial charge in [-0.15, -0.1) is 6.42 Å². The van der Waals surface area contributed by atoms with Crippen LogP contribution in [0, 0.1) is 12.3 Å². The minimum atomic E-state index is -3.85. The molecule has 0 unspecified atom stereocenters. The first-order valence-corrected chi connectivity index (χ1v) is 9.56. The van der Waals surface area contributed by atoms with Crippen LogP contribution in [0.5, 0.6) is 5.75 Å². The summed E-state index contributed by atoms with van der Waals surface area (Å²) in [6.07, 6.45) is 5.32. The zero-order valence-electron chi connectivity index (χ0n) is 14.5. The third-order valence-corrected chi connectivity index (χ3v) is 4.32. The highest BCUT2D eigenvalue weighted by Crippen LogP contribution is 2.18. The molecule has 6 nitrogen and oxygen atoms in total. The molecule has 2 aromatic rings. The topological polar surface area (TPSA) is 84.5 Å². The number of benzene rings is 2. The fourth-order valence-electron chi connectivity index (χ4n) is 2.15. The maximum absolute atomic E-state index is 12.2. The summed E-state index contributed by atoms with van der Waals surface area (Å²) in [5.41, 5.74) is 1.38. The van der Waals surface area contributed by atoms with Crippen molar-refractivity contribution in [3.8, 4) is 18.1 Å². The van der Waals surface area contributed by atoms with Gasteiger partial charge in [-0.3, -0.25) is 9.52 Å². The maximum Gasteiger partial charge on any atom is 0.241 e. The van der Waals surface area contributed by atoms with Crippen molar-refractivity contribution in [2.45, 2.75) is 20.0 Å². The lowest BCUT2D eigenvalue weighted by molar-refractivity contribution is -0.113. The van der Waals surface area contributed by atoms with Crippen molar-refractivity contribution in [3.63, 3.8) is 0 Å². The van der Waals surface area contributed by atoms with Gasteiger partial charge in [0.05, 0.1) is 6.10 Å². The van der Waals surface area contributed by atoms with Crippen LogP contribution in [0.1, 0.15) is 19.4 Å². The van der Waals surface area contributed by atoms with Gasteiger partial charge in [0, 0.05) is 16.9 Å². The Balaban J connectivity index is 1.97. The van der Waals surface area contributed by atoms with Crippen molar-refractivity contribution >= 4 is 27.3 Å². The first kappa shape index (κ1) is 19.3. The molecule has 0 radical (unpaired) electrons. The Morgan fingerprint density at radius 3 is 2.46 bits per heavy atom. The van der Waals surface area contributed by atoms with Crippen LogP contribution in [0.3, 0.4) is 0 Å². The zero-order valence-corrected chi connectivity index (χ0v) is 15.3. The number of ether oxygens (including phenoxy) is 1. The molecule has 0 spiro atoms. The molecule has 2 rings (SSSR count). The van der Waals surface area contributed by atoms with Crippen LogP contribution < -0.4 is 14.8 Å². The number of nitrogens with one attached hydrogen (secondary N) is 2. The Morgan fingerprint density at radius 1 is 1.15 bits per heavy atom. The van der Waals surface area contributed by atoms with Crippen LogP contribution in [0.4, 0.5) is 11.4 Å². The Bertz CT molecular complexity index is 913. The Labute approximate surface area is 153 Å². The highest BCUT2D eigenvalue weighted by atomic mass is 32.2. The van der Waals surface area contributed by atoms with E-state index >= 15 is 0 Å². The normalized spacial score (nSPS) is 10.8. The summed E-state index contributed by atoms with van der Waals surface area (Å²) in [7, 11) is -3.85. The highest BCUT2D eigenvalue weighted by molar-refractivity contribution is 7.93. The Kier molecular flexibility index (Phi) is 6.26. The minimum Gasteiger partial charge on any atom is -0.491 e. The summed E-state index contributed by atoms with van der Waals surface area (Å²) >= 11 is 0. The van der Waals surface area contributed by atoms with E-state index in [2.05, 4.69) is 16.0 Å². The number of amides is 1. The molecular weight excluding hydrogens is 352 g/mol. The van der Waals surface area contributed by atoms with Crippen LogP contribution in [0.15, 0.2) is 48.5 Å². The van der Waals surface area contributed by atoms with Crippen molar-refractivity contribution in [3.05, 3.63) is 54.1 Å². The average molecular weight is 372 g/mol. The smallest absolute Gasteiger partial charge is 0.241 e. The van der Waals surface area contributed by atoms with Gasteiger partial charge in [0.25, 0.3) is 0 Å². The lowest BCUT2D eigenvalue weighted by Gasteiger charge is -2.11. The summed E-state index contributed by atoms with van der Waals surface area (Å²) < 4.78 is 32.2. The average Bonchev–Trinajstić information content (AvgIpc) is 2.55. The van der Waals surface area contributed by atoms with Crippen LogP contribution >= 0.6 is 0 Å². The molecule has 0 aliphatic carbocycles. The molecular formula is C19H20N2O4S. The molecule has 1 amide bonds. The van der Waals surface area contributed by atoms with Crippen LogP contribution in [0.25, 0.3) is 0 Å². The van der Waals surface area contributed by atoms with E-state index in [4.69, 9.17) is 11.2 Å². The molecule has 0 aliphatic rings. The number of rotatable bonds is 7. The molecule has 0 atom stereocenters. The predicted molar refractivity (Wildman–Crippen MR) is 103 cm³/mol. The summed E-state index contributed by atoms with van der Waals surface area (Å²) in [6.45, 7) is 3.79. The van der Waals surface area contributed by atoms with Crippen LogP contribution in [0.2, 0.25) is 0 Å². The van der Waals surface area contributed by atoms with Crippen molar-refractivity contribution in [2.75, 3.05) is 15.8 Å². The molecule has 2 aromatic carbocycles. The fourth-order valence-corrected chi connectivity index (χ4v) is 3.13. The number of carbonyl (C=O) groups excluding carboxylic acids is 1. The second kappa shape index (κ2) is 8.41. The molecule has 7 heteroatoms. The van der Waals surface area contributed by atoms with Gasteiger partial charge >= 0.3 is 0 Å². The molecule has 0 bridgehead atoms. The lowest BCUT2D eigenvalue weighted by Crippen LogP contribution is -2.27. The van der Waals surface area contributed by atoms with Crippen molar-refractivity contribution in [2.24, 2.45) is 0 Å². The molecule has 0 aromatic heterocycles. The third kappa shape index (κ3) is 6.15. The molecule has 0 saturated heterocycles. The van der Waals surface area contributed by atoms with Gasteiger partial charge in [-0.25, -0.2) is 8.42 Å². The van der Waals surface area contributed by atoms with Crippen molar-refractivity contribution in [1.82, 2.24) is 0 Å². The molecule has 0 aliphatic heterocycles.